The number of carboxylic acids is 1. The Balaban J connectivity index is 1.58. The molecule has 0 spiro atoms. The van der Waals surface area contributed by atoms with Crippen LogP contribution >= 0.6 is 0 Å². The lowest BCUT2D eigenvalue weighted by atomic mass is 9.88. The second-order valence-corrected chi connectivity index (χ2v) is 6.77. The quantitative estimate of drug-likeness (QED) is 0.884. The molecule has 0 bridgehead atoms. The zero-order valence-electron chi connectivity index (χ0n) is 13.9. The minimum atomic E-state index is -0.796. The predicted molar refractivity (Wildman–Crippen MR) is 84.0 cm³/mol. The van der Waals surface area contributed by atoms with Gasteiger partial charge in [-0.15, -0.1) is 10.2 Å². The van der Waals surface area contributed by atoms with Gasteiger partial charge in [0.2, 0.25) is 0 Å². The van der Waals surface area contributed by atoms with Crippen molar-refractivity contribution in [1.29, 1.82) is 0 Å². The van der Waals surface area contributed by atoms with Crippen molar-refractivity contribution >= 4 is 5.97 Å². The Bertz CT molecular complexity index is 560. The standard InChI is InChI=1S/C16H26N4O3/c1-11-5-3-4-6-14(11)23-8-7-19-10-15-18-17-12(2)20(15)9-13(19)16(21)22/h11,13-14H,3-10H2,1-2H3,(H,21,22). The van der Waals surface area contributed by atoms with Crippen molar-refractivity contribution in [2.24, 2.45) is 5.92 Å². The third-order valence-electron chi connectivity index (χ3n) is 5.18. The second kappa shape index (κ2) is 6.97. The summed E-state index contributed by atoms with van der Waals surface area (Å²) in [5.74, 6) is 1.42. The highest BCUT2D eigenvalue weighted by Crippen LogP contribution is 2.26. The summed E-state index contributed by atoms with van der Waals surface area (Å²) in [6, 6.07) is -0.537. The Morgan fingerprint density at radius 3 is 2.87 bits per heavy atom. The molecule has 23 heavy (non-hydrogen) atoms. The van der Waals surface area contributed by atoms with Gasteiger partial charge in [0.25, 0.3) is 0 Å². The Hall–Kier alpha value is -1.47. The van der Waals surface area contributed by atoms with Gasteiger partial charge < -0.3 is 14.4 Å². The maximum Gasteiger partial charge on any atom is 0.322 e. The molecule has 1 saturated carbocycles. The van der Waals surface area contributed by atoms with E-state index in [1.165, 1.54) is 19.3 Å². The van der Waals surface area contributed by atoms with Crippen LogP contribution < -0.4 is 0 Å². The number of aliphatic carboxylic acids is 1. The van der Waals surface area contributed by atoms with Crippen LogP contribution in [-0.2, 0) is 22.6 Å². The first kappa shape index (κ1) is 16.4. The molecule has 128 valence electrons. The van der Waals surface area contributed by atoms with E-state index in [0.717, 1.165) is 18.1 Å². The third kappa shape index (κ3) is 3.55. The number of carboxylic acid groups (broad SMARTS) is 1. The highest BCUT2D eigenvalue weighted by molar-refractivity contribution is 5.73. The van der Waals surface area contributed by atoms with Crippen molar-refractivity contribution in [3.63, 3.8) is 0 Å². The highest BCUT2D eigenvalue weighted by atomic mass is 16.5. The Morgan fingerprint density at radius 1 is 1.35 bits per heavy atom. The average Bonchev–Trinajstić information content (AvgIpc) is 2.89. The fourth-order valence-electron chi connectivity index (χ4n) is 3.68. The molecule has 7 nitrogen and oxygen atoms in total. The summed E-state index contributed by atoms with van der Waals surface area (Å²) >= 11 is 0. The number of ether oxygens (including phenoxy) is 1. The van der Waals surface area contributed by atoms with Gasteiger partial charge in [0, 0.05) is 6.54 Å². The van der Waals surface area contributed by atoms with Crippen molar-refractivity contribution in [3.8, 4) is 0 Å². The van der Waals surface area contributed by atoms with Crippen LogP contribution in [0.25, 0.3) is 0 Å². The van der Waals surface area contributed by atoms with Gasteiger partial charge in [-0.2, -0.15) is 0 Å². The molecule has 2 heterocycles. The van der Waals surface area contributed by atoms with Crippen LogP contribution in [0.1, 0.15) is 44.3 Å². The SMILES string of the molecule is Cc1nnc2n1CC(C(=O)O)N(CCOC1CCCCC1C)C2. The molecular formula is C16H26N4O3. The van der Waals surface area contributed by atoms with Crippen LogP contribution in [0.2, 0.25) is 0 Å². The zero-order chi connectivity index (χ0) is 16.4. The maximum atomic E-state index is 11.6. The lowest BCUT2D eigenvalue weighted by molar-refractivity contribution is -0.145. The van der Waals surface area contributed by atoms with E-state index >= 15 is 0 Å². The Kier molecular flexibility index (Phi) is 4.96. The minimum absolute atomic E-state index is 0.322. The second-order valence-electron chi connectivity index (χ2n) is 6.77. The van der Waals surface area contributed by atoms with E-state index in [4.69, 9.17) is 4.74 Å². The van der Waals surface area contributed by atoms with Crippen LogP contribution in [0.5, 0.6) is 0 Å². The molecule has 3 rings (SSSR count). The van der Waals surface area contributed by atoms with Gasteiger partial charge >= 0.3 is 5.97 Å². The summed E-state index contributed by atoms with van der Waals surface area (Å²) in [7, 11) is 0. The van der Waals surface area contributed by atoms with Crippen molar-refractivity contribution in [1.82, 2.24) is 19.7 Å². The molecule has 1 N–H and O–H groups in total. The van der Waals surface area contributed by atoms with Gasteiger partial charge in [-0.3, -0.25) is 9.69 Å². The van der Waals surface area contributed by atoms with Gasteiger partial charge in [-0.1, -0.05) is 19.8 Å². The molecule has 1 aliphatic heterocycles. The number of aromatic nitrogens is 3. The molecule has 0 aromatic carbocycles. The Labute approximate surface area is 136 Å². The summed E-state index contributed by atoms with van der Waals surface area (Å²) in [6.07, 6.45) is 5.20. The molecule has 0 amide bonds. The monoisotopic (exact) mass is 322 g/mol. The molecule has 7 heteroatoms. The van der Waals surface area contributed by atoms with Crippen molar-refractivity contribution in [2.45, 2.75) is 64.8 Å². The first-order chi connectivity index (χ1) is 11.1. The molecular weight excluding hydrogens is 296 g/mol. The summed E-state index contributed by atoms with van der Waals surface area (Å²) < 4.78 is 7.94. The molecule has 0 radical (unpaired) electrons. The summed E-state index contributed by atoms with van der Waals surface area (Å²) in [5, 5.41) is 17.7. The first-order valence-corrected chi connectivity index (χ1v) is 8.53. The molecule has 0 saturated heterocycles. The molecule has 3 unspecified atom stereocenters. The summed E-state index contributed by atoms with van der Waals surface area (Å²) in [5.41, 5.74) is 0. The van der Waals surface area contributed by atoms with Gasteiger partial charge in [0.1, 0.15) is 17.7 Å². The van der Waals surface area contributed by atoms with Gasteiger partial charge in [0.15, 0.2) is 0 Å². The number of nitrogens with zero attached hydrogens (tertiary/aromatic N) is 4. The number of carbonyl (C=O) groups is 1. The van der Waals surface area contributed by atoms with E-state index in [-0.39, 0.29) is 0 Å². The van der Waals surface area contributed by atoms with E-state index in [2.05, 4.69) is 17.1 Å². The normalized spacial score (nSPS) is 28.5. The molecule has 1 aromatic rings. The fraction of sp³-hybridized carbons (Fsp3) is 0.812. The van der Waals surface area contributed by atoms with Gasteiger partial charge in [0.05, 0.1) is 25.8 Å². The fourth-order valence-corrected chi connectivity index (χ4v) is 3.68. The summed E-state index contributed by atoms with van der Waals surface area (Å²) in [4.78, 5) is 13.5. The largest absolute Gasteiger partial charge is 0.480 e. The van der Waals surface area contributed by atoms with Crippen molar-refractivity contribution < 1.29 is 14.6 Å². The molecule has 3 atom stereocenters. The van der Waals surface area contributed by atoms with E-state index in [1.54, 1.807) is 0 Å². The van der Waals surface area contributed by atoms with Crippen LogP contribution in [0.3, 0.4) is 0 Å². The molecule has 1 fully saturated rings. The van der Waals surface area contributed by atoms with Crippen LogP contribution in [0.4, 0.5) is 0 Å². The zero-order valence-corrected chi connectivity index (χ0v) is 13.9. The average molecular weight is 322 g/mol. The maximum absolute atomic E-state index is 11.6. The number of aryl methyl sites for hydroxylation is 1. The van der Waals surface area contributed by atoms with E-state index in [0.29, 0.717) is 38.3 Å². The number of hydrogen-bond donors (Lipinski definition) is 1. The first-order valence-electron chi connectivity index (χ1n) is 8.53. The van der Waals surface area contributed by atoms with E-state index < -0.39 is 12.0 Å². The summed E-state index contributed by atoms with van der Waals surface area (Å²) in [6.45, 7) is 6.22. The van der Waals surface area contributed by atoms with Crippen LogP contribution in [-0.4, -0.2) is 56.0 Å². The van der Waals surface area contributed by atoms with E-state index in [9.17, 15) is 9.90 Å². The van der Waals surface area contributed by atoms with Gasteiger partial charge in [-0.25, -0.2) is 0 Å². The van der Waals surface area contributed by atoms with Crippen LogP contribution in [0, 0.1) is 12.8 Å². The third-order valence-corrected chi connectivity index (χ3v) is 5.18. The predicted octanol–water partition coefficient (Wildman–Crippen LogP) is 1.45. The smallest absolute Gasteiger partial charge is 0.322 e. The van der Waals surface area contributed by atoms with Crippen molar-refractivity contribution in [2.75, 3.05) is 13.2 Å². The Morgan fingerprint density at radius 2 is 2.13 bits per heavy atom. The topological polar surface area (TPSA) is 80.5 Å². The van der Waals surface area contributed by atoms with E-state index in [1.807, 2.05) is 16.4 Å². The van der Waals surface area contributed by atoms with Gasteiger partial charge in [-0.05, 0) is 25.7 Å². The minimum Gasteiger partial charge on any atom is -0.480 e. The molecule has 2 aliphatic rings. The highest BCUT2D eigenvalue weighted by Gasteiger charge is 2.33. The number of rotatable bonds is 5. The lowest BCUT2D eigenvalue weighted by Gasteiger charge is -2.34. The lowest BCUT2D eigenvalue weighted by Crippen LogP contribution is -2.49. The molecule has 1 aromatic heterocycles. The van der Waals surface area contributed by atoms with Crippen molar-refractivity contribution in [3.05, 3.63) is 11.6 Å². The van der Waals surface area contributed by atoms with Crippen LogP contribution in [0.15, 0.2) is 0 Å². The molecule has 1 aliphatic carbocycles. The number of fused-ring (bicyclic) bond motifs is 1. The number of hydrogen-bond acceptors (Lipinski definition) is 5.